The molecule has 11 heteroatoms. The van der Waals surface area contributed by atoms with E-state index < -0.39 is 33.0 Å². The Balaban J connectivity index is 1.57. The first kappa shape index (κ1) is 29.2. The van der Waals surface area contributed by atoms with Gasteiger partial charge in [0.2, 0.25) is 0 Å². The predicted octanol–water partition coefficient (Wildman–Crippen LogP) is 4.37. The van der Waals surface area contributed by atoms with Crippen LogP contribution in [0.15, 0.2) is 23.8 Å². The Hall–Kier alpha value is -0.820. The van der Waals surface area contributed by atoms with Gasteiger partial charge in [0.1, 0.15) is 6.10 Å². The fourth-order valence-electron chi connectivity index (χ4n) is 8.51. The molecule has 0 heterocycles. The fraction of sp³-hybridized carbons (Fsp3) is 0.846. The van der Waals surface area contributed by atoms with E-state index in [1.54, 1.807) is 0 Å². The van der Waals surface area contributed by atoms with Gasteiger partial charge in [0.15, 0.2) is 0 Å². The summed E-state index contributed by atoms with van der Waals surface area (Å²) in [5.74, 6) is 1.57. The van der Waals surface area contributed by atoms with Crippen molar-refractivity contribution in [1.29, 1.82) is 0 Å². The van der Waals surface area contributed by atoms with Crippen molar-refractivity contribution in [2.45, 2.75) is 84.8 Å². The van der Waals surface area contributed by atoms with Gasteiger partial charge in [-0.3, -0.25) is 9.11 Å². The van der Waals surface area contributed by atoms with E-state index in [2.05, 4.69) is 45.9 Å². The molecule has 0 aromatic carbocycles. The zero-order chi connectivity index (χ0) is 27.4. The molecule has 0 aromatic rings. The molecule has 37 heavy (non-hydrogen) atoms. The predicted molar refractivity (Wildman–Crippen MR) is 138 cm³/mol. The minimum absolute atomic E-state index is 0.0126. The van der Waals surface area contributed by atoms with Crippen molar-refractivity contribution in [2.75, 3.05) is 6.61 Å². The standard InChI is InChI=1S/C26H42O9S2/c1-16(2)5-6-17(15-34-36(28,29)30)20-9-10-21-19-8-7-18-13-24(35-37(31,32)33)23(27)14-26(18,4)22(19)11-12-25(20,21)3/h5-7,16-17,19-24,27H,8-15H2,1-4H3,(H,28,29,30)(H,31,32,33)/b6-5+/t17-,19-,20+,21-,22-,23-,24-,25+,26-/m0/s1. The summed E-state index contributed by atoms with van der Waals surface area (Å²) in [5, 5.41) is 10.8. The van der Waals surface area contributed by atoms with Gasteiger partial charge < -0.3 is 5.11 Å². The highest BCUT2D eigenvalue weighted by Crippen LogP contribution is 2.67. The monoisotopic (exact) mass is 562 g/mol. The second kappa shape index (κ2) is 10.3. The lowest BCUT2D eigenvalue weighted by atomic mass is 9.46. The molecule has 4 aliphatic rings. The summed E-state index contributed by atoms with van der Waals surface area (Å²) in [6.07, 6.45) is 9.79. The van der Waals surface area contributed by atoms with Crippen molar-refractivity contribution >= 4 is 20.8 Å². The third kappa shape index (κ3) is 6.02. The Morgan fingerprint density at radius 1 is 1.05 bits per heavy atom. The van der Waals surface area contributed by atoms with Crippen molar-refractivity contribution in [3.8, 4) is 0 Å². The molecule has 9 nitrogen and oxygen atoms in total. The van der Waals surface area contributed by atoms with E-state index in [0.29, 0.717) is 30.1 Å². The van der Waals surface area contributed by atoms with Crippen molar-refractivity contribution in [3.05, 3.63) is 23.8 Å². The van der Waals surface area contributed by atoms with Crippen LogP contribution in [0.5, 0.6) is 0 Å². The molecule has 0 aliphatic heterocycles. The summed E-state index contributed by atoms with van der Waals surface area (Å²) in [7, 11) is -9.18. The van der Waals surface area contributed by atoms with E-state index in [9.17, 15) is 26.5 Å². The van der Waals surface area contributed by atoms with E-state index in [1.807, 2.05) is 0 Å². The average molecular weight is 563 g/mol. The second-order valence-corrected chi connectivity index (χ2v) is 14.7. The van der Waals surface area contributed by atoms with E-state index in [0.717, 1.165) is 37.7 Å². The number of aliphatic hydroxyl groups is 1. The summed E-state index contributed by atoms with van der Waals surface area (Å²) in [4.78, 5) is 0. The Morgan fingerprint density at radius 3 is 2.38 bits per heavy atom. The first-order valence-corrected chi connectivity index (χ1v) is 16.1. The SMILES string of the molecule is CC(C)/C=C/[C@@H](COS(=O)(=O)O)[C@H]1CC[C@H]2[C@@H]3CC=C4C[C@H](OS(=O)(=O)O)[C@@H](O)C[C@]4(C)[C@H]3CC[C@]12C. The maximum absolute atomic E-state index is 11.4. The first-order chi connectivity index (χ1) is 17.0. The number of hydrogen-bond donors (Lipinski definition) is 3. The Labute approximate surface area is 221 Å². The molecule has 0 bridgehead atoms. The van der Waals surface area contributed by atoms with Crippen LogP contribution >= 0.6 is 0 Å². The molecular weight excluding hydrogens is 520 g/mol. The lowest BCUT2D eigenvalue weighted by Crippen LogP contribution is -2.53. The van der Waals surface area contributed by atoms with Crippen LogP contribution in [0.1, 0.15) is 72.6 Å². The van der Waals surface area contributed by atoms with E-state index >= 15 is 0 Å². The van der Waals surface area contributed by atoms with Crippen LogP contribution in [-0.4, -0.2) is 49.9 Å². The molecule has 0 unspecified atom stereocenters. The maximum atomic E-state index is 11.4. The maximum Gasteiger partial charge on any atom is 0.397 e. The van der Waals surface area contributed by atoms with E-state index in [-0.39, 0.29) is 35.7 Å². The number of fused-ring (bicyclic) bond motifs is 5. The van der Waals surface area contributed by atoms with Gasteiger partial charge in [-0.1, -0.05) is 51.5 Å². The number of allylic oxidation sites excluding steroid dienone is 2. The second-order valence-electron chi connectivity index (χ2n) is 12.5. The highest BCUT2D eigenvalue weighted by atomic mass is 32.3. The zero-order valence-corrected chi connectivity index (χ0v) is 23.7. The van der Waals surface area contributed by atoms with Crippen molar-refractivity contribution < 1.29 is 39.4 Å². The fourth-order valence-corrected chi connectivity index (χ4v) is 9.35. The average Bonchev–Trinajstić information content (AvgIpc) is 3.10. The molecule has 4 rings (SSSR count). The van der Waals surface area contributed by atoms with Gasteiger partial charge in [0.25, 0.3) is 0 Å². The third-order valence-corrected chi connectivity index (χ3v) is 11.0. The van der Waals surface area contributed by atoms with Crippen LogP contribution in [0.25, 0.3) is 0 Å². The van der Waals surface area contributed by atoms with Gasteiger partial charge in [-0.05, 0) is 85.4 Å². The van der Waals surface area contributed by atoms with Crippen LogP contribution in [0, 0.1) is 46.3 Å². The molecule has 0 aromatic heterocycles. The Morgan fingerprint density at radius 2 is 1.76 bits per heavy atom. The van der Waals surface area contributed by atoms with Gasteiger partial charge in [-0.2, -0.15) is 16.8 Å². The number of hydrogen-bond acceptors (Lipinski definition) is 7. The van der Waals surface area contributed by atoms with E-state index in [1.165, 1.54) is 0 Å². The lowest BCUT2D eigenvalue weighted by molar-refractivity contribution is -0.0843. The molecule has 0 spiro atoms. The summed E-state index contributed by atoms with van der Waals surface area (Å²) in [6.45, 7) is 8.55. The van der Waals surface area contributed by atoms with Gasteiger partial charge >= 0.3 is 20.8 Å². The smallest absolute Gasteiger partial charge is 0.390 e. The van der Waals surface area contributed by atoms with Crippen LogP contribution in [0.3, 0.4) is 0 Å². The molecule has 3 fully saturated rings. The minimum atomic E-state index is -4.65. The molecule has 0 amide bonds. The van der Waals surface area contributed by atoms with Gasteiger partial charge in [-0.15, -0.1) is 0 Å². The summed E-state index contributed by atoms with van der Waals surface area (Å²) in [5.41, 5.74) is 0.817. The minimum Gasteiger partial charge on any atom is -0.390 e. The molecule has 212 valence electrons. The molecule has 4 aliphatic carbocycles. The van der Waals surface area contributed by atoms with Crippen LogP contribution in [0.4, 0.5) is 0 Å². The van der Waals surface area contributed by atoms with Crippen LogP contribution in [0.2, 0.25) is 0 Å². The van der Waals surface area contributed by atoms with Crippen LogP contribution in [-0.2, 0) is 29.2 Å². The third-order valence-electron chi connectivity index (χ3n) is 10.1. The number of rotatable bonds is 8. The quantitative estimate of drug-likeness (QED) is 0.290. The largest absolute Gasteiger partial charge is 0.397 e. The Kier molecular flexibility index (Phi) is 8.12. The molecule has 0 radical (unpaired) electrons. The summed E-state index contributed by atoms with van der Waals surface area (Å²) < 4.78 is 73.3. The van der Waals surface area contributed by atoms with Crippen LogP contribution < -0.4 is 0 Å². The molecule has 0 saturated heterocycles. The molecular formula is C26H42O9S2. The van der Waals surface area contributed by atoms with E-state index in [4.69, 9.17) is 12.9 Å². The van der Waals surface area contributed by atoms with Crippen molar-refractivity contribution in [2.24, 2.45) is 46.3 Å². The first-order valence-electron chi connectivity index (χ1n) is 13.4. The topological polar surface area (TPSA) is 147 Å². The van der Waals surface area contributed by atoms with Gasteiger partial charge in [0, 0.05) is 5.92 Å². The molecule has 3 saturated carbocycles. The molecule has 9 atom stereocenters. The van der Waals surface area contributed by atoms with Gasteiger partial charge in [-0.25, -0.2) is 8.37 Å². The molecule has 3 N–H and O–H groups in total. The van der Waals surface area contributed by atoms with Crippen molar-refractivity contribution in [3.63, 3.8) is 0 Å². The Bertz CT molecular complexity index is 1130. The zero-order valence-electron chi connectivity index (χ0n) is 22.1. The highest BCUT2D eigenvalue weighted by Gasteiger charge is 2.60. The highest BCUT2D eigenvalue weighted by molar-refractivity contribution is 7.81. The summed E-state index contributed by atoms with van der Waals surface area (Å²) in [6, 6.07) is 0. The lowest BCUT2D eigenvalue weighted by Gasteiger charge is -2.59. The summed E-state index contributed by atoms with van der Waals surface area (Å²) >= 11 is 0. The van der Waals surface area contributed by atoms with Crippen molar-refractivity contribution in [1.82, 2.24) is 0 Å². The van der Waals surface area contributed by atoms with Gasteiger partial charge in [0.05, 0.1) is 12.7 Å². The number of aliphatic hydroxyl groups excluding tert-OH is 1. The normalized spacial score (nSPS) is 41.2.